The highest BCUT2D eigenvalue weighted by atomic mass is 35.5. The minimum atomic E-state index is -0.252. The second-order valence-electron chi connectivity index (χ2n) is 4.75. The zero-order chi connectivity index (χ0) is 16.5. The topological polar surface area (TPSA) is 71.3 Å². The molecule has 0 aliphatic heterocycles. The summed E-state index contributed by atoms with van der Waals surface area (Å²) in [5.74, 6) is 1.27. The molecule has 0 saturated carbocycles. The predicted octanol–water partition coefficient (Wildman–Crippen LogP) is 2.60. The van der Waals surface area contributed by atoms with E-state index in [0.29, 0.717) is 23.1 Å². The van der Waals surface area contributed by atoms with Crippen LogP contribution in [0.1, 0.15) is 11.3 Å². The van der Waals surface area contributed by atoms with Crippen LogP contribution in [0, 0.1) is 0 Å². The van der Waals surface area contributed by atoms with Crippen molar-refractivity contribution in [1.29, 1.82) is 0 Å². The van der Waals surface area contributed by atoms with E-state index >= 15 is 0 Å². The minimum Gasteiger partial charge on any atom is -0.467 e. The van der Waals surface area contributed by atoms with Crippen LogP contribution < -0.4 is 10.6 Å². The number of carbonyl (C=O) groups is 2. The second kappa shape index (κ2) is 9.27. The third kappa shape index (κ3) is 6.80. The van der Waals surface area contributed by atoms with Gasteiger partial charge in [-0.15, -0.1) is 11.8 Å². The molecule has 7 heteroatoms. The Hall–Kier alpha value is -1.92. The van der Waals surface area contributed by atoms with Crippen molar-refractivity contribution in [2.45, 2.75) is 12.3 Å². The first-order chi connectivity index (χ1) is 11.1. The van der Waals surface area contributed by atoms with Crippen molar-refractivity contribution in [2.75, 3.05) is 12.3 Å². The largest absolute Gasteiger partial charge is 0.467 e. The van der Waals surface area contributed by atoms with E-state index in [9.17, 15) is 9.59 Å². The Balaban J connectivity index is 1.57. The molecule has 23 heavy (non-hydrogen) atoms. The fourth-order valence-corrected chi connectivity index (χ4v) is 2.68. The maximum atomic E-state index is 11.7. The Bertz CT molecular complexity index is 629. The van der Waals surface area contributed by atoms with Gasteiger partial charge >= 0.3 is 0 Å². The van der Waals surface area contributed by atoms with Gasteiger partial charge in [-0.2, -0.15) is 0 Å². The van der Waals surface area contributed by atoms with Gasteiger partial charge in [-0.25, -0.2) is 0 Å². The summed E-state index contributed by atoms with van der Waals surface area (Å²) >= 11 is 7.29. The van der Waals surface area contributed by atoms with Crippen molar-refractivity contribution in [3.63, 3.8) is 0 Å². The average Bonchev–Trinajstić information content (AvgIpc) is 3.06. The number of carbonyl (C=O) groups excluding carboxylic acids is 2. The Morgan fingerprint density at radius 3 is 2.57 bits per heavy atom. The van der Waals surface area contributed by atoms with Crippen LogP contribution in [0.25, 0.3) is 0 Å². The van der Waals surface area contributed by atoms with Gasteiger partial charge in [0.1, 0.15) is 5.76 Å². The smallest absolute Gasteiger partial charge is 0.239 e. The highest BCUT2D eigenvalue weighted by Crippen LogP contribution is 2.15. The highest BCUT2D eigenvalue weighted by Gasteiger charge is 2.06. The van der Waals surface area contributed by atoms with E-state index in [1.807, 2.05) is 24.3 Å². The Labute approximate surface area is 143 Å². The molecule has 0 spiro atoms. The van der Waals surface area contributed by atoms with Crippen molar-refractivity contribution >= 4 is 35.2 Å². The molecule has 0 atom stereocenters. The molecule has 2 aromatic rings. The van der Waals surface area contributed by atoms with E-state index < -0.39 is 0 Å². The first-order valence-electron chi connectivity index (χ1n) is 7.01. The van der Waals surface area contributed by atoms with Gasteiger partial charge in [0.25, 0.3) is 0 Å². The molecule has 0 saturated heterocycles. The number of furan rings is 1. The molecule has 2 rings (SSSR count). The number of rotatable bonds is 8. The van der Waals surface area contributed by atoms with Crippen LogP contribution in [0.15, 0.2) is 47.1 Å². The Morgan fingerprint density at radius 1 is 1.09 bits per heavy atom. The lowest BCUT2D eigenvalue weighted by Crippen LogP contribution is -2.37. The summed E-state index contributed by atoms with van der Waals surface area (Å²) in [5.41, 5.74) is 1.10. The van der Waals surface area contributed by atoms with E-state index in [1.165, 1.54) is 11.8 Å². The first-order valence-corrected chi connectivity index (χ1v) is 8.55. The number of benzene rings is 1. The van der Waals surface area contributed by atoms with Crippen molar-refractivity contribution in [3.8, 4) is 0 Å². The Morgan fingerprint density at radius 2 is 1.87 bits per heavy atom. The van der Waals surface area contributed by atoms with Crippen LogP contribution >= 0.6 is 23.4 Å². The van der Waals surface area contributed by atoms with E-state index in [-0.39, 0.29) is 18.4 Å². The average molecular weight is 353 g/mol. The summed E-state index contributed by atoms with van der Waals surface area (Å²) in [5, 5.41) is 5.94. The molecule has 2 N–H and O–H groups in total. The van der Waals surface area contributed by atoms with Gasteiger partial charge in [0, 0.05) is 10.8 Å². The fraction of sp³-hybridized carbons (Fsp3) is 0.250. The SMILES string of the molecule is O=C(CNC(=O)CSCc1ccc(Cl)cc1)NCc1ccco1. The van der Waals surface area contributed by atoms with Crippen LogP contribution in [-0.2, 0) is 21.9 Å². The number of amides is 2. The van der Waals surface area contributed by atoms with Gasteiger partial charge < -0.3 is 15.1 Å². The third-order valence-corrected chi connectivity index (χ3v) is 4.16. The first kappa shape index (κ1) is 17.4. The quantitative estimate of drug-likeness (QED) is 0.766. The lowest BCUT2D eigenvalue weighted by Gasteiger charge is -2.06. The number of halogens is 1. The molecule has 122 valence electrons. The van der Waals surface area contributed by atoms with Crippen LogP contribution in [0.2, 0.25) is 5.02 Å². The van der Waals surface area contributed by atoms with Gasteiger partial charge in [-0.05, 0) is 29.8 Å². The predicted molar refractivity (Wildman–Crippen MR) is 91.2 cm³/mol. The van der Waals surface area contributed by atoms with E-state index in [4.69, 9.17) is 16.0 Å². The maximum absolute atomic E-state index is 11.7. The molecular weight excluding hydrogens is 336 g/mol. The molecule has 1 aromatic heterocycles. The Kier molecular flexibility index (Phi) is 7.03. The lowest BCUT2D eigenvalue weighted by atomic mass is 10.2. The molecule has 0 bridgehead atoms. The normalized spacial score (nSPS) is 10.3. The molecule has 0 unspecified atom stereocenters. The van der Waals surface area contributed by atoms with Crippen molar-refractivity contribution in [1.82, 2.24) is 10.6 Å². The minimum absolute atomic E-state index is 0.0406. The summed E-state index contributed by atoms with van der Waals surface area (Å²) in [6, 6.07) is 11.0. The van der Waals surface area contributed by atoms with Crippen LogP contribution in [0.3, 0.4) is 0 Å². The molecule has 0 aliphatic carbocycles. The summed E-state index contributed by atoms with van der Waals surface area (Å²) in [7, 11) is 0. The molecule has 0 fully saturated rings. The van der Waals surface area contributed by atoms with E-state index in [1.54, 1.807) is 18.4 Å². The highest BCUT2D eigenvalue weighted by molar-refractivity contribution is 7.99. The van der Waals surface area contributed by atoms with E-state index in [2.05, 4.69) is 10.6 Å². The third-order valence-electron chi connectivity index (χ3n) is 2.90. The van der Waals surface area contributed by atoms with Crippen LogP contribution in [0.5, 0.6) is 0 Å². The molecule has 5 nitrogen and oxygen atoms in total. The number of thioether (sulfide) groups is 1. The summed E-state index contributed by atoms with van der Waals surface area (Å²) < 4.78 is 5.10. The molecule has 1 aromatic carbocycles. The lowest BCUT2D eigenvalue weighted by molar-refractivity contribution is -0.124. The summed E-state index contributed by atoms with van der Waals surface area (Å²) in [6.45, 7) is 0.272. The fourth-order valence-electron chi connectivity index (χ4n) is 1.73. The number of nitrogens with one attached hydrogen (secondary N) is 2. The molecule has 1 heterocycles. The zero-order valence-corrected chi connectivity index (χ0v) is 14.0. The summed E-state index contributed by atoms with van der Waals surface area (Å²) in [4.78, 5) is 23.3. The molecule has 2 amide bonds. The number of hydrogen-bond acceptors (Lipinski definition) is 4. The second-order valence-corrected chi connectivity index (χ2v) is 6.17. The summed E-state index contributed by atoms with van der Waals surface area (Å²) in [6.07, 6.45) is 1.54. The monoisotopic (exact) mass is 352 g/mol. The maximum Gasteiger partial charge on any atom is 0.239 e. The zero-order valence-electron chi connectivity index (χ0n) is 12.4. The molecular formula is C16H17ClN2O3S. The molecule has 0 aliphatic rings. The number of hydrogen-bond donors (Lipinski definition) is 2. The van der Waals surface area contributed by atoms with Gasteiger partial charge in [-0.1, -0.05) is 23.7 Å². The van der Waals surface area contributed by atoms with Crippen molar-refractivity contribution < 1.29 is 14.0 Å². The standard InChI is InChI=1S/C16H17ClN2O3S/c17-13-5-3-12(4-6-13)10-23-11-16(21)19-9-15(20)18-8-14-2-1-7-22-14/h1-7H,8-11H2,(H,18,20)(H,19,21). The van der Waals surface area contributed by atoms with Gasteiger partial charge in [0.05, 0.1) is 25.1 Å². The van der Waals surface area contributed by atoms with E-state index in [0.717, 1.165) is 11.3 Å². The van der Waals surface area contributed by atoms with Crippen molar-refractivity contribution in [3.05, 3.63) is 59.0 Å². The van der Waals surface area contributed by atoms with Crippen molar-refractivity contribution in [2.24, 2.45) is 0 Å². The van der Waals surface area contributed by atoms with Gasteiger partial charge in [-0.3, -0.25) is 9.59 Å². The molecule has 0 radical (unpaired) electrons. The van der Waals surface area contributed by atoms with Gasteiger partial charge in [0.15, 0.2) is 0 Å². The van der Waals surface area contributed by atoms with Crippen LogP contribution in [0.4, 0.5) is 0 Å². The van der Waals surface area contributed by atoms with Crippen LogP contribution in [-0.4, -0.2) is 24.1 Å². The van der Waals surface area contributed by atoms with Gasteiger partial charge in [0.2, 0.25) is 11.8 Å².